The molecular formula is C11H21NO4. The normalized spacial score (nSPS) is 16.1. The first-order valence-electron chi connectivity index (χ1n) is 5.49. The number of aliphatic hydroxyl groups excluding tert-OH is 1. The SMILES string of the molecule is CCC[C@@](NC(C)=O)(C(=O)OC)[C@@H](O)CC. The lowest BCUT2D eigenvalue weighted by molar-refractivity contribution is -0.157. The maximum absolute atomic E-state index is 11.8. The number of hydrogen-bond acceptors (Lipinski definition) is 4. The summed E-state index contributed by atoms with van der Waals surface area (Å²) in [6, 6.07) is 0. The third kappa shape index (κ3) is 3.20. The van der Waals surface area contributed by atoms with Gasteiger partial charge in [-0.1, -0.05) is 20.3 Å². The van der Waals surface area contributed by atoms with E-state index in [1.165, 1.54) is 14.0 Å². The number of nitrogens with one attached hydrogen (secondary N) is 1. The van der Waals surface area contributed by atoms with Gasteiger partial charge < -0.3 is 15.2 Å². The van der Waals surface area contributed by atoms with Crippen molar-refractivity contribution in [3.63, 3.8) is 0 Å². The zero-order valence-corrected chi connectivity index (χ0v) is 10.4. The molecule has 1 amide bonds. The second kappa shape index (κ2) is 6.48. The summed E-state index contributed by atoms with van der Waals surface area (Å²) in [7, 11) is 1.25. The zero-order chi connectivity index (χ0) is 12.8. The van der Waals surface area contributed by atoms with Crippen molar-refractivity contribution >= 4 is 11.9 Å². The molecule has 16 heavy (non-hydrogen) atoms. The van der Waals surface area contributed by atoms with E-state index < -0.39 is 17.6 Å². The number of carbonyl (C=O) groups is 2. The second-order valence-electron chi connectivity index (χ2n) is 3.82. The van der Waals surface area contributed by atoms with Crippen LogP contribution in [0.3, 0.4) is 0 Å². The van der Waals surface area contributed by atoms with Gasteiger partial charge in [0.1, 0.15) is 0 Å². The molecule has 0 fully saturated rings. The molecule has 0 heterocycles. The summed E-state index contributed by atoms with van der Waals surface area (Å²) >= 11 is 0. The van der Waals surface area contributed by atoms with E-state index in [0.29, 0.717) is 19.3 Å². The van der Waals surface area contributed by atoms with Crippen LogP contribution in [-0.4, -0.2) is 35.7 Å². The summed E-state index contributed by atoms with van der Waals surface area (Å²) < 4.78 is 4.68. The average molecular weight is 231 g/mol. The fourth-order valence-corrected chi connectivity index (χ4v) is 1.84. The molecule has 0 bridgehead atoms. The van der Waals surface area contributed by atoms with Crippen LogP contribution in [0.5, 0.6) is 0 Å². The van der Waals surface area contributed by atoms with E-state index in [9.17, 15) is 14.7 Å². The number of rotatable bonds is 6. The number of methoxy groups -OCH3 is 1. The average Bonchev–Trinajstić information content (AvgIpc) is 2.25. The number of aliphatic hydroxyl groups is 1. The predicted molar refractivity (Wildman–Crippen MR) is 59.8 cm³/mol. The van der Waals surface area contributed by atoms with Gasteiger partial charge in [-0.15, -0.1) is 0 Å². The van der Waals surface area contributed by atoms with Gasteiger partial charge in [0.25, 0.3) is 0 Å². The fraction of sp³-hybridized carbons (Fsp3) is 0.818. The van der Waals surface area contributed by atoms with Crippen LogP contribution in [0.25, 0.3) is 0 Å². The Kier molecular flexibility index (Phi) is 6.03. The lowest BCUT2D eigenvalue weighted by atomic mass is 9.85. The molecule has 0 aromatic carbocycles. The Bertz CT molecular complexity index is 254. The molecule has 2 N–H and O–H groups in total. The van der Waals surface area contributed by atoms with E-state index in [2.05, 4.69) is 10.1 Å². The Hall–Kier alpha value is -1.10. The highest BCUT2D eigenvalue weighted by Crippen LogP contribution is 2.22. The molecule has 0 aliphatic rings. The van der Waals surface area contributed by atoms with Gasteiger partial charge in [0.2, 0.25) is 5.91 Å². The third-order valence-electron chi connectivity index (χ3n) is 2.55. The minimum absolute atomic E-state index is 0.355. The largest absolute Gasteiger partial charge is 0.467 e. The summed E-state index contributed by atoms with van der Waals surface area (Å²) in [5.74, 6) is -0.953. The second-order valence-corrected chi connectivity index (χ2v) is 3.82. The zero-order valence-electron chi connectivity index (χ0n) is 10.4. The van der Waals surface area contributed by atoms with Crippen molar-refractivity contribution < 1.29 is 19.4 Å². The predicted octanol–water partition coefficient (Wildman–Crippen LogP) is 0.605. The summed E-state index contributed by atoms with van der Waals surface area (Å²) in [4.78, 5) is 22.9. The van der Waals surface area contributed by atoms with Crippen molar-refractivity contribution in [1.29, 1.82) is 0 Å². The first-order chi connectivity index (χ1) is 7.44. The molecule has 2 atom stereocenters. The molecule has 0 radical (unpaired) electrons. The van der Waals surface area contributed by atoms with Crippen LogP contribution in [-0.2, 0) is 14.3 Å². The summed E-state index contributed by atoms with van der Waals surface area (Å²) in [5, 5.41) is 12.5. The first kappa shape index (κ1) is 14.9. The Labute approximate surface area is 96.2 Å². The number of hydrogen-bond donors (Lipinski definition) is 2. The molecule has 0 aromatic rings. The smallest absolute Gasteiger partial charge is 0.334 e. The van der Waals surface area contributed by atoms with Crippen LogP contribution in [0.4, 0.5) is 0 Å². The lowest BCUT2D eigenvalue weighted by Crippen LogP contribution is -2.61. The maximum atomic E-state index is 11.8. The molecule has 0 rings (SSSR count). The molecule has 0 aromatic heterocycles. The molecule has 94 valence electrons. The highest BCUT2D eigenvalue weighted by atomic mass is 16.5. The highest BCUT2D eigenvalue weighted by Gasteiger charge is 2.45. The number of esters is 1. The standard InChI is InChI=1S/C11H21NO4/c1-5-7-11(9(14)6-2,10(15)16-4)12-8(3)13/h9,14H,5-7H2,1-4H3,(H,12,13)/t9-,11-/m0/s1. The van der Waals surface area contributed by atoms with E-state index in [4.69, 9.17) is 0 Å². The third-order valence-corrected chi connectivity index (χ3v) is 2.55. The van der Waals surface area contributed by atoms with Crippen LogP contribution in [0.2, 0.25) is 0 Å². The molecule has 0 aliphatic carbocycles. The van der Waals surface area contributed by atoms with Crippen molar-refractivity contribution in [1.82, 2.24) is 5.32 Å². The van der Waals surface area contributed by atoms with Crippen molar-refractivity contribution in [2.45, 2.75) is 51.7 Å². The fourth-order valence-electron chi connectivity index (χ4n) is 1.84. The minimum atomic E-state index is -1.32. The van der Waals surface area contributed by atoms with E-state index in [1.807, 2.05) is 6.92 Å². The maximum Gasteiger partial charge on any atom is 0.334 e. The Morgan fingerprint density at radius 2 is 2.00 bits per heavy atom. The first-order valence-corrected chi connectivity index (χ1v) is 5.49. The van der Waals surface area contributed by atoms with E-state index in [0.717, 1.165) is 0 Å². The van der Waals surface area contributed by atoms with Crippen LogP contribution in [0.1, 0.15) is 40.0 Å². The summed E-state index contributed by atoms with van der Waals surface area (Å²) in [5.41, 5.74) is -1.32. The Morgan fingerprint density at radius 1 is 1.44 bits per heavy atom. The molecule has 5 nitrogen and oxygen atoms in total. The van der Waals surface area contributed by atoms with Crippen LogP contribution < -0.4 is 5.32 Å². The molecular weight excluding hydrogens is 210 g/mol. The van der Waals surface area contributed by atoms with E-state index in [1.54, 1.807) is 6.92 Å². The molecule has 0 aliphatic heterocycles. The quantitative estimate of drug-likeness (QED) is 0.657. The summed E-state index contributed by atoms with van der Waals surface area (Å²) in [6.45, 7) is 4.94. The van der Waals surface area contributed by atoms with Crippen LogP contribution in [0.15, 0.2) is 0 Å². The van der Waals surface area contributed by atoms with Gasteiger partial charge in [-0.3, -0.25) is 4.79 Å². The van der Waals surface area contributed by atoms with Crippen molar-refractivity contribution in [3.8, 4) is 0 Å². The van der Waals surface area contributed by atoms with Crippen molar-refractivity contribution in [2.75, 3.05) is 7.11 Å². The topological polar surface area (TPSA) is 75.6 Å². The molecule has 0 saturated carbocycles. The molecule has 0 spiro atoms. The number of amides is 1. The molecule has 0 saturated heterocycles. The van der Waals surface area contributed by atoms with Gasteiger partial charge >= 0.3 is 5.97 Å². The molecule has 5 heteroatoms. The minimum Gasteiger partial charge on any atom is -0.467 e. The van der Waals surface area contributed by atoms with Gasteiger partial charge in [-0.2, -0.15) is 0 Å². The van der Waals surface area contributed by atoms with E-state index >= 15 is 0 Å². The van der Waals surface area contributed by atoms with Gasteiger partial charge in [0.15, 0.2) is 5.54 Å². The Morgan fingerprint density at radius 3 is 2.31 bits per heavy atom. The number of carbonyl (C=O) groups excluding carboxylic acids is 2. The Balaban J connectivity index is 5.19. The van der Waals surface area contributed by atoms with Crippen molar-refractivity contribution in [2.24, 2.45) is 0 Å². The van der Waals surface area contributed by atoms with Crippen molar-refractivity contribution in [3.05, 3.63) is 0 Å². The monoisotopic (exact) mass is 231 g/mol. The van der Waals surface area contributed by atoms with Crippen LogP contribution in [0, 0.1) is 0 Å². The van der Waals surface area contributed by atoms with Gasteiger partial charge in [0.05, 0.1) is 13.2 Å². The highest BCUT2D eigenvalue weighted by molar-refractivity contribution is 5.87. The number of ether oxygens (including phenoxy) is 1. The van der Waals surface area contributed by atoms with Crippen LogP contribution >= 0.6 is 0 Å². The van der Waals surface area contributed by atoms with Gasteiger partial charge in [-0.05, 0) is 12.8 Å². The van der Waals surface area contributed by atoms with Gasteiger partial charge in [-0.25, -0.2) is 4.79 Å². The lowest BCUT2D eigenvalue weighted by Gasteiger charge is -2.35. The summed E-state index contributed by atoms with van der Waals surface area (Å²) in [6.07, 6.45) is 0.444. The van der Waals surface area contributed by atoms with Gasteiger partial charge in [0, 0.05) is 6.92 Å². The molecule has 0 unspecified atom stereocenters. The van der Waals surface area contributed by atoms with E-state index in [-0.39, 0.29) is 5.91 Å².